The van der Waals surface area contributed by atoms with Gasteiger partial charge in [-0.25, -0.2) is 14.3 Å². The van der Waals surface area contributed by atoms with Gasteiger partial charge < -0.3 is 4.74 Å². The van der Waals surface area contributed by atoms with Gasteiger partial charge >= 0.3 is 11.7 Å². The number of carbonyl (C=O) groups excluding carboxylic acids is 1. The van der Waals surface area contributed by atoms with Gasteiger partial charge in [0.05, 0.1) is 12.2 Å². The van der Waals surface area contributed by atoms with E-state index in [-0.39, 0.29) is 17.6 Å². The monoisotopic (exact) mass is 342 g/mol. The highest BCUT2D eigenvalue weighted by atomic mass is 16.6. The van der Waals surface area contributed by atoms with Crippen molar-refractivity contribution in [2.24, 2.45) is 5.92 Å². The molecular formula is C18H22N4O3. The van der Waals surface area contributed by atoms with Gasteiger partial charge in [-0.3, -0.25) is 9.55 Å². The highest BCUT2D eigenvalue weighted by molar-refractivity contribution is 5.76. The first-order valence-corrected chi connectivity index (χ1v) is 8.67. The maximum Gasteiger partial charge on any atom is 0.347 e. The van der Waals surface area contributed by atoms with Crippen molar-refractivity contribution in [2.45, 2.75) is 58.2 Å². The summed E-state index contributed by atoms with van der Waals surface area (Å²) in [6.07, 6.45) is 4.09. The lowest BCUT2D eigenvalue weighted by atomic mass is 9.80. The Morgan fingerprint density at radius 2 is 2.12 bits per heavy atom. The number of nitrogens with zero attached hydrogens (tertiary/aromatic N) is 4. The van der Waals surface area contributed by atoms with Crippen LogP contribution in [0.1, 0.15) is 49.8 Å². The summed E-state index contributed by atoms with van der Waals surface area (Å²) in [5, 5.41) is 4.45. The fraction of sp³-hybridized carbons (Fsp3) is 0.556. The molecule has 0 spiro atoms. The van der Waals surface area contributed by atoms with Crippen LogP contribution >= 0.6 is 0 Å². The predicted octanol–water partition coefficient (Wildman–Crippen LogP) is 1.63. The van der Waals surface area contributed by atoms with E-state index >= 15 is 0 Å². The molecule has 4 heterocycles. The first-order chi connectivity index (χ1) is 11.8. The van der Waals surface area contributed by atoms with Crippen LogP contribution in [0, 0.1) is 12.8 Å². The van der Waals surface area contributed by atoms with Crippen LogP contribution in [0.3, 0.4) is 0 Å². The molecule has 7 nitrogen and oxygen atoms in total. The molecule has 2 aromatic rings. The molecular weight excluding hydrogens is 320 g/mol. The Bertz CT molecular complexity index is 879. The van der Waals surface area contributed by atoms with Crippen molar-refractivity contribution in [1.29, 1.82) is 0 Å². The largest absolute Gasteiger partial charge is 0.458 e. The Balaban J connectivity index is 1.69. The van der Waals surface area contributed by atoms with Crippen molar-refractivity contribution in [3.63, 3.8) is 0 Å². The van der Waals surface area contributed by atoms with Crippen LogP contribution in [0.4, 0.5) is 0 Å². The third-order valence-electron chi connectivity index (χ3n) is 5.06. The van der Waals surface area contributed by atoms with Gasteiger partial charge in [0.2, 0.25) is 0 Å². The molecule has 0 saturated carbocycles. The standard InChI is InChI=1S/C18H22N4O3/c1-11-4-6-13(19-9-11)10-21-17(24)22-14(20-21)7-5-12-8-18(2,3)25-16(23)15(12)22/h4,6,9,12,15H,5,7-8,10H2,1-3H3. The molecule has 132 valence electrons. The third-order valence-corrected chi connectivity index (χ3v) is 5.06. The Hall–Kier alpha value is -2.44. The molecule has 1 saturated heterocycles. The second-order valence-electron chi connectivity index (χ2n) is 7.68. The fourth-order valence-corrected chi connectivity index (χ4v) is 3.96. The van der Waals surface area contributed by atoms with E-state index in [1.54, 1.807) is 10.8 Å². The Morgan fingerprint density at radius 3 is 2.84 bits per heavy atom. The maximum absolute atomic E-state index is 12.9. The molecule has 0 aromatic carbocycles. The van der Waals surface area contributed by atoms with Gasteiger partial charge in [-0.15, -0.1) is 0 Å². The van der Waals surface area contributed by atoms with Crippen molar-refractivity contribution in [2.75, 3.05) is 0 Å². The molecule has 2 atom stereocenters. The second kappa shape index (κ2) is 5.54. The van der Waals surface area contributed by atoms with E-state index in [9.17, 15) is 9.59 Å². The molecule has 25 heavy (non-hydrogen) atoms. The van der Waals surface area contributed by atoms with E-state index in [2.05, 4.69) is 10.1 Å². The van der Waals surface area contributed by atoms with Gasteiger partial charge in [0, 0.05) is 12.6 Å². The first kappa shape index (κ1) is 16.1. The van der Waals surface area contributed by atoms with Crippen molar-refractivity contribution in [3.8, 4) is 0 Å². The molecule has 1 fully saturated rings. The number of hydrogen-bond acceptors (Lipinski definition) is 5. The molecule has 0 amide bonds. The van der Waals surface area contributed by atoms with Crippen LogP contribution in [0.5, 0.6) is 0 Å². The summed E-state index contributed by atoms with van der Waals surface area (Å²) < 4.78 is 8.49. The number of fused-ring (bicyclic) bond motifs is 3. The number of ether oxygens (including phenoxy) is 1. The zero-order valence-electron chi connectivity index (χ0n) is 14.7. The topological polar surface area (TPSA) is 79.0 Å². The van der Waals surface area contributed by atoms with E-state index in [0.717, 1.165) is 24.1 Å². The smallest absolute Gasteiger partial charge is 0.347 e. The van der Waals surface area contributed by atoms with E-state index in [1.165, 1.54) is 4.68 Å². The molecule has 7 heteroatoms. The number of hydrogen-bond donors (Lipinski definition) is 0. The number of carbonyl (C=O) groups is 1. The number of esters is 1. The molecule has 0 aliphatic carbocycles. The number of cyclic esters (lactones) is 1. The van der Waals surface area contributed by atoms with Crippen molar-refractivity contribution >= 4 is 5.97 Å². The van der Waals surface area contributed by atoms with Crippen LogP contribution in [-0.4, -0.2) is 30.9 Å². The summed E-state index contributed by atoms with van der Waals surface area (Å²) in [4.78, 5) is 29.7. The minimum absolute atomic E-state index is 0.122. The molecule has 2 aliphatic heterocycles. The van der Waals surface area contributed by atoms with Gasteiger partial charge in [0.15, 0.2) is 0 Å². The third kappa shape index (κ3) is 2.77. The zero-order chi connectivity index (χ0) is 17.8. The average Bonchev–Trinajstić information content (AvgIpc) is 2.84. The van der Waals surface area contributed by atoms with Crippen molar-refractivity contribution in [3.05, 3.63) is 45.9 Å². The average molecular weight is 342 g/mol. The summed E-state index contributed by atoms with van der Waals surface area (Å²) in [6.45, 7) is 6.11. The van der Waals surface area contributed by atoms with Crippen LogP contribution in [0.2, 0.25) is 0 Å². The highest BCUT2D eigenvalue weighted by Crippen LogP contribution is 2.41. The Labute approximate surface area is 145 Å². The van der Waals surface area contributed by atoms with E-state index in [0.29, 0.717) is 18.8 Å². The summed E-state index contributed by atoms with van der Waals surface area (Å²) in [7, 11) is 0. The second-order valence-corrected chi connectivity index (χ2v) is 7.68. The molecule has 2 unspecified atom stereocenters. The fourth-order valence-electron chi connectivity index (χ4n) is 3.96. The SMILES string of the molecule is Cc1ccc(Cn2nc3n(c2=O)C2C(=O)OC(C)(C)CC2CC3)nc1. The quantitative estimate of drug-likeness (QED) is 0.775. The predicted molar refractivity (Wildman–Crippen MR) is 90.2 cm³/mol. The zero-order valence-corrected chi connectivity index (χ0v) is 14.7. The van der Waals surface area contributed by atoms with Gasteiger partial charge in [-0.2, -0.15) is 5.10 Å². The summed E-state index contributed by atoms with van der Waals surface area (Å²) in [5.74, 6) is 0.462. The van der Waals surface area contributed by atoms with E-state index in [4.69, 9.17) is 4.74 Å². The lowest BCUT2D eigenvalue weighted by Crippen LogP contribution is -2.49. The van der Waals surface area contributed by atoms with E-state index in [1.807, 2.05) is 32.9 Å². The lowest BCUT2D eigenvalue weighted by Gasteiger charge is -2.41. The number of rotatable bonds is 2. The van der Waals surface area contributed by atoms with Crippen LogP contribution in [-0.2, 0) is 22.5 Å². The van der Waals surface area contributed by atoms with Crippen LogP contribution < -0.4 is 5.69 Å². The summed E-state index contributed by atoms with van der Waals surface area (Å²) in [5.41, 5.74) is 1.10. The molecule has 0 N–H and O–H groups in total. The molecule has 2 aromatic heterocycles. The van der Waals surface area contributed by atoms with Gasteiger partial charge in [0.25, 0.3) is 0 Å². The van der Waals surface area contributed by atoms with Gasteiger partial charge in [0.1, 0.15) is 17.5 Å². The number of pyridine rings is 1. The minimum atomic E-state index is -0.552. The van der Waals surface area contributed by atoms with Crippen LogP contribution in [0.25, 0.3) is 0 Å². The van der Waals surface area contributed by atoms with Crippen molar-refractivity contribution in [1.82, 2.24) is 19.3 Å². The van der Waals surface area contributed by atoms with Gasteiger partial charge in [-0.05, 0) is 51.2 Å². The molecule has 4 rings (SSSR count). The summed E-state index contributed by atoms with van der Waals surface area (Å²) >= 11 is 0. The summed E-state index contributed by atoms with van der Waals surface area (Å²) in [6, 6.07) is 3.30. The normalized spacial score (nSPS) is 24.4. The number of aromatic nitrogens is 4. The Morgan fingerprint density at radius 1 is 1.32 bits per heavy atom. The van der Waals surface area contributed by atoms with Crippen LogP contribution in [0.15, 0.2) is 23.1 Å². The maximum atomic E-state index is 12.9. The molecule has 0 bridgehead atoms. The lowest BCUT2D eigenvalue weighted by molar-refractivity contribution is -0.175. The first-order valence-electron chi connectivity index (χ1n) is 8.67. The number of aryl methyl sites for hydroxylation is 2. The van der Waals surface area contributed by atoms with E-state index < -0.39 is 11.6 Å². The van der Waals surface area contributed by atoms with Gasteiger partial charge in [-0.1, -0.05) is 6.07 Å². The highest BCUT2D eigenvalue weighted by Gasteiger charge is 2.47. The molecule has 2 aliphatic rings. The van der Waals surface area contributed by atoms with Crippen molar-refractivity contribution < 1.29 is 9.53 Å². The Kier molecular flexibility index (Phi) is 3.56. The molecule has 0 radical (unpaired) electrons. The minimum Gasteiger partial charge on any atom is -0.458 e.